The number of hydrogen-bond donors (Lipinski definition) is 2. The Hall–Kier alpha value is -1.61. The average Bonchev–Trinajstić information content (AvgIpc) is 2.66. The van der Waals surface area contributed by atoms with Gasteiger partial charge < -0.3 is 5.11 Å². The van der Waals surface area contributed by atoms with Gasteiger partial charge in [0, 0.05) is 7.05 Å². The fourth-order valence-corrected chi connectivity index (χ4v) is 2.78. The van der Waals surface area contributed by atoms with Gasteiger partial charge in [-0.15, -0.1) is 5.10 Å². The highest BCUT2D eigenvalue weighted by Gasteiger charge is 2.18. The van der Waals surface area contributed by atoms with Crippen molar-refractivity contribution in [2.45, 2.75) is 10.1 Å². The summed E-state index contributed by atoms with van der Waals surface area (Å²) in [6, 6.07) is 2.61. The van der Waals surface area contributed by atoms with Gasteiger partial charge in [-0.05, 0) is 39.8 Å². The van der Waals surface area contributed by atoms with Gasteiger partial charge in [0.15, 0.2) is 11.0 Å². The molecule has 1 heterocycles. The number of halogens is 2. The first-order chi connectivity index (χ1) is 8.91. The van der Waals surface area contributed by atoms with Crippen LogP contribution in [0.5, 0.6) is 0 Å². The Kier molecular flexibility index (Phi) is 3.76. The molecule has 6 nitrogen and oxygen atoms in total. The number of H-pyrrole nitrogens is 1. The summed E-state index contributed by atoms with van der Waals surface area (Å²) in [5, 5.41) is 15.1. The van der Waals surface area contributed by atoms with Gasteiger partial charge in [-0.2, -0.15) is 0 Å². The normalized spacial score (nSPS) is 10.7. The van der Waals surface area contributed by atoms with Gasteiger partial charge in [-0.3, -0.25) is 4.57 Å². The first-order valence-electron chi connectivity index (χ1n) is 4.92. The SMILES string of the molecule is Cn1c(Sc2ccc(C(=O)O)c(Br)c2F)n[nH]c1=O. The summed E-state index contributed by atoms with van der Waals surface area (Å²) in [4.78, 5) is 22.2. The van der Waals surface area contributed by atoms with Gasteiger partial charge in [0.1, 0.15) is 0 Å². The number of benzene rings is 1. The van der Waals surface area contributed by atoms with Crippen LogP contribution in [0.2, 0.25) is 0 Å². The number of hydrogen-bond acceptors (Lipinski definition) is 4. The van der Waals surface area contributed by atoms with Gasteiger partial charge in [0.05, 0.1) is 14.9 Å². The highest BCUT2D eigenvalue weighted by atomic mass is 79.9. The fraction of sp³-hybridized carbons (Fsp3) is 0.100. The summed E-state index contributed by atoms with van der Waals surface area (Å²) < 4.78 is 15.1. The Morgan fingerprint density at radius 3 is 2.79 bits per heavy atom. The second-order valence-corrected chi connectivity index (χ2v) is 5.32. The lowest BCUT2D eigenvalue weighted by molar-refractivity contribution is 0.0695. The molecule has 0 bridgehead atoms. The topological polar surface area (TPSA) is 88.0 Å². The zero-order valence-electron chi connectivity index (χ0n) is 9.48. The molecule has 2 aromatic rings. The fourth-order valence-electron chi connectivity index (χ4n) is 1.30. The number of carboxylic acids is 1. The van der Waals surface area contributed by atoms with Gasteiger partial charge >= 0.3 is 11.7 Å². The summed E-state index contributed by atoms with van der Waals surface area (Å²) in [5.74, 6) is -1.94. The summed E-state index contributed by atoms with van der Waals surface area (Å²) in [6.07, 6.45) is 0. The molecule has 0 amide bonds. The van der Waals surface area contributed by atoms with E-state index in [0.29, 0.717) is 0 Å². The molecule has 0 aliphatic carbocycles. The highest BCUT2D eigenvalue weighted by Crippen LogP contribution is 2.33. The number of aromatic amines is 1. The van der Waals surface area contributed by atoms with Gasteiger partial charge in [0.2, 0.25) is 0 Å². The number of rotatable bonds is 3. The molecule has 1 aromatic carbocycles. The van der Waals surface area contributed by atoms with Crippen LogP contribution in [0, 0.1) is 5.82 Å². The predicted molar refractivity (Wildman–Crippen MR) is 69.0 cm³/mol. The smallest absolute Gasteiger partial charge is 0.343 e. The van der Waals surface area contributed by atoms with Crippen LogP contribution in [0.15, 0.2) is 31.5 Å². The van der Waals surface area contributed by atoms with E-state index in [9.17, 15) is 14.0 Å². The lowest BCUT2D eigenvalue weighted by Gasteiger charge is -2.06. The number of carbonyl (C=O) groups is 1. The first-order valence-corrected chi connectivity index (χ1v) is 6.53. The maximum absolute atomic E-state index is 14.0. The van der Waals surface area contributed by atoms with Crippen LogP contribution in [0.1, 0.15) is 10.4 Å². The molecule has 0 fully saturated rings. The van der Waals surface area contributed by atoms with Gasteiger partial charge in [-0.1, -0.05) is 0 Å². The minimum atomic E-state index is -1.23. The largest absolute Gasteiger partial charge is 0.478 e. The summed E-state index contributed by atoms with van der Waals surface area (Å²) in [5.41, 5.74) is -0.582. The molecule has 0 aliphatic rings. The Balaban J connectivity index is 2.42. The quantitative estimate of drug-likeness (QED) is 0.884. The molecule has 2 N–H and O–H groups in total. The van der Waals surface area contributed by atoms with E-state index in [1.165, 1.54) is 23.7 Å². The number of nitrogens with zero attached hydrogens (tertiary/aromatic N) is 2. The van der Waals surface area contributed by atoms with Crippen LogP contribution >= 0.6 is 27.7 Å². The van der Waals surface area contributed by atoms with Gasteiger partial charge in [0.25, 0.3) is 0 Å². The molecular weight excluding hydrogens is 341 g/mol. The van der Waals surface area contributed by atoms with Crippen LogP contribution in [-0.4, -0.2) is 25.8 Å². The second-order valence-electron chi connectivity index (χ2n) is 3.52. The van der Waals surface area contributed by atoms with Crippen LogP contribution in [0.25, 0.3) is 0 Å². The van der Waals surface area contributed by atoms with E-state index in [-0.39, 0.29) is 20.1 Å². The minimum absolute atomic E-state index is 0.134. The molecule has 0 radical (unpaired) electrons. The first kappa shape index (κ1) is 13.8. The molecule has 100 valence electrons. The van der Waals surface area contributed by atoms with Crippen molar-refractivity contribution in [3.8, 4) is 0 Å². The van der Waals surface area contributed by atoms with Crippen molar-refractivity contribution in [1.82, 2.24) is 14.8 Å². The lowest BCUT2D eigenvalue weighted by atomic mass is 10.2. The van der Waals surface area contributed by atoms with E-state index in [4.69, 9.17) is 5.11 Å². The van der Waals surface area contributed by atoms with Gasteiger partial charge in [-0.25, -0.2) is 19.1 Å². The van der Waals surface area contributed by atoms with Crippen LogP contribution in [-0.2, 0) is 7.05 Å². The number of aromatic carboxylic acids is 1. The zero-order chi connectivity index (χ0) is 14.2. The van der Waals surface area contributed by atoms with Crippen molar-refractivity contribution in [3.63, 3.8) is 0 Å². The maximum atomic E-state index is 14.0. The molecule has 1 aromatic heterocycles. The molecule has 0 spiro atoms. The maximum Gasteiger partial charge on any atom is 0.343 e. The Bertz CT molecular complexity index is 713. The number of aromatic nitrogens is 3. The van der Waals surface area contributed by atoms with E-state index in [0.717, 1.165) is 11.8 Å². The van der Waals surface area contributed by atoms with Crippen LogP contribution < -0.4 is 5.69 Å². The Morgan fingerprint density at radius 1 is 1.58 bits per heavy atom. The molecule has 0 aliphatic heterocycles. The third kappa shape index (κ3) is 2.56. The van der Waals surface area contributed by atoms with Crippen LogP contribution in [0.4, 0.5) is 4.39 Å². The monoisotopic (exact) mass is 347 g/mol. The van der Waals surface area contributed by atoms with E-state index >= 15 is 0 Å². The van der Waals surface area contributed by atoms with Crippen molar-refractivity contribution < 1.29 is 14.3 Å². The third-order valence-corrected chi connectivity index (χ3v) is 4.18. The van der Waals surface area contributed by atoms with E-state index in [2.05, 4.69) is 26.1 Å². The van der Waals surface area contributed by atoms with Crippen molar-refractivity contribution in [2.75, 3.05) is 0 Å². The van der Waals surface area contributed by atoms with Crippen molar-refractivity contribution in [2.24, 2.45) is 7.05 Å². The van der Waals surface area contributed by atoms with E-state index in [1.807, 2.05) is 0 Å². The standard InChI is InChI=1S/C10H7BrFN3O3S/c1-15-9(18)13-14-10(15)19-5-3-2-4(8(16)17)6(11)7(5)12/h2-3H,1H3,(H,13,18)(H,16,17). The highest BCUT2D eigenvalue weighted by molar-refractivity contribution is 9.10. The molecule has 19 heavy (non-hydrogen) atoms. The minimum Gasteiger partial charge on any atom is -0.478 e. The van der Waals surface area contributed by atoms with E-state index < -0.39 is 17.5 Å². The second kappa shape index (κ2) is 5.17. The Labute approximate surface area is 118 Å². The zero-order valence-corrected chi connectivity index (χ0v) is 11.9. The average molecular weight is 348 g/mol. The molecule has 9 heteroatoms. The molecule has 0 saturated heterocycles. The van der Waals surface area contributed by atoms with Crippen molar-refractivity contribution in [3.05, 3.63) is 38.5 Å². The molecule has 0 unspecified atom stereocenters. The molecule has 0 atom stereocenters. The molecule has 0 saturated carbocycles. The van der Waals surface area contributed by atoms with Crippen LogP contribution in [0.3, 0.4) is 0 Å². The summed E-state index contributed by atoms with van der Waals surface area (Å²) in [6.45, 7) is 0. The van der Waals surface area contributed by atoms with Crippen molar-refractivity contribution >= 4 is 33.7 Å². The van der Waals surface area contributed by atoms with Crippen molar-refractivity contribution in [1.29, 1.82) is 0 Å². The summed E-state index contributed by atoms with van der Waals surface area (Å²) >= 11 is 3.82. The lowest BCUT2D eigenvalue weighted by Crippen LogP contribution is -2.12. The summed E-state index contributed by atoms with van der Waals surface area (Å²) in [7, 11) is 1.49. The Morgan fingerprint density at radius 2 is 2.26 bits per heavy atom. The van der Waals surface area contributed by atoms with E-state index in [1.54, 1.807) is 0 Å². The molecule has 2 rings (SSSR count). The molecular formula is C10H7BrFN3O3S. The number of carboxylic acid groups (broad SMARTS) is 1. The third-order valence-electron chi connectivity index (χ3n) is 2.32. The predicted octanol–water partition coefficient (Wildman–Crippen LogP) is 1.86. The number of nitrogens with one attached hydrogen (secondary N) is 1.